The molecule has 5 aromatic rings. The fourth-order valence-corrected chi connectivity index (χ4v) is 9.24. The second kappa shape index (κ2) is 9.30. The van der Waals surface area contributed by atoms with Crippen molar-refractivity contribution >= 4 is 45.4 Å². The van der Waals surface area contributed by atoms with Gasteiger partial charge in [-0.2, -0.15) is 0 Å². The summed E-state index contributed by atoms with van der Waals surface area (Å²) in [6, 6.07) is 31.9. The van der Waals surface area contributed by atoms with Gasteiger partial charge in [0.05, 0.1) is 6.61 Å². The second-order valence-corrected chi connectivity index (χ2v) is 12.0. The molecule has 0 saturated heterocycles. The Bertz CT molecular complexity index is 1270. The molecule has 0 N–H and O–H groups in total. The first-order chi connectivity index (χ1) is 16.2. The molecule has 164 valence electrons. The van der Waals surface area contributed by atoms with E-state index in [1.165, 1.54) is 27.3 Å². The number of carbonyl (C=O) groups is 1. The van der Waals surface area contributed by atoms with E-state index < -0.39 is 7.26 Å². The normalized spacial score (nSPS) is 11.5. The zero-order chi connectivity index (χ0) is 22.7. The van der Waals surface area contributed by atoms with Crippen molar-refractivity contribution in [3.63, 3.8) is 0 Å². The number of esters is 1. The number of benzene rings is 3. The van der Waals surface area contributed by atoms with E-state index in [4.69, 9.17) is 9.72 Å². The van der Waals surface area contributed by atoms with Crippen LogP contribution in [0.1, 0.15) is 23.1 Å². The molecule has 0 aliphatic carbocycles. The van der Waals surface area contributed by atoms with E-state index in [2.05, 4.69) is 72.8 Å². The molecule has 2 aromatic heterocycles. The highest BCUT2D eigenvalue weighted by Crippen LogP contribution is 2.58. The Hall–Kier alpha value is -3.27. The van der Waals surface area contributed by atoms with Crippen LogP contribution in [0.4, 0.5) is 0 Å². The lowest BCUT2D eigenvalue weighted by molar-refractivity contribution is 0.0517. The minimum atomic E-state index is -2.17. The van der Waals surface area contributed by atoms with Gasteiger partial charge in [-0.1, -0.05) is 54.6 Å². The molecule has 5 rings (SSSR count). The van der Waals surface area contributed by atoms with E-state index in [-0.39, 0.29) is 5.97 Å². The first-order valence-electron chi connectivity index (χ1n) is 10.9. The number of carbonyl (C=O) groups excluding carboxylic acids is 1. The zero-order valence-corrected chi connectivity index (χ0v) is 20.0. The molecular formula is C27H24N2O2PS+. The van der Waals surface area contributed by atoms with Crippen LogP contribution in [0.25, 0.3) is 4.96 Å². The third kappa shape index (κ3) is 3.88. The van der Waals surface area contributed by atoms with Gasteiger partial charge in [-0.05, 0) is 43.3 Å². The van der Waals surface area contributed by atoms with Crippen LogP contribution in [0.3, 0.4) is 0 Å². The predicted octanol–water partition coefficient (Wildman–Crippen LogP) is 5.07. The highest BCUT2D eigenvalue weighted by molar-refractivity contribution is 7.95. The standard InChI is InChI=1S/C27H24N2O2PS/c1-2-31-26(30)25-24(28-27-29(25)18-19-33-27)20-32(21-12-6-3-7-13-21,22-14-8-4-9-15-22)23-16-10-5-11-17-23/h3-19H,2,20H2,1H3/q+1. The lowest BCUT2D eigenvalue weighted by atomic mass is 10.3. The van der Waals surface area contributed by atoms with Gasteiger partial charge in [0.15, 0.2) is 10.7 Å². The van der Waals surface area contributed by atoms with Gasteiger partial charge in [0.25, 0.3) is 0 Å². The summed E-state index contributed by atoms with van der Waals surface area (Å²) in [7, 11) is -2.17. The van der Waals surface area contributed by atoms with E-state index in [0.29, 0.717) is 18.5 Å². The summed E-state index contributed by atoms with van der Waals surface area (Å²) in [6.45, 7) is 2.16. The number of nitrogens with zero attached hydrogens (tertiary/aromatic N) is 2. The fourth-order valence-electron chi connectivity index (χ4n) is 4.35. The third-order valence-electron chi connectivity index (χ3n) is 5.78. The molecule has 0 atom stereocenters. The van der Waals surface area contributed by atoms with Crippen LogP contribution < -0.4 is 15.9 Å². The molecule has 0 spiro atoms. The maximum Gasteiger partial charge on any atom is 0.357 e. The lowest BCUT2D eigenvalue weighted by Crippen LogP contribution is -2.33. The molecule has 4 nitrogen and oxygen atoms in total. The summed E-state index contributed by atoms with van der Waals surface area (Å²) < 4.78 is 7.32. The summed E-state index contributed by atoms with van der Waals surface area (Å²) in [6.07, 6.45) is 2.53. The van der Waals surface area contributed by atoms with E-state index in [0.717, 1.165) is 10.7 Å². The number of aromatic nitrogens is 2. The minimum absolute atomic E-state index is 0.325. The molecule has 0 saturated carbocycles. The average molecular weight is 472 g/mol. The van der Waals surface area contributed by atoms with Gasteiger partial charge in [0, 0.05) is 11.6 Å². The van der Waals surface area contributed by atoms with Gasteiger partial charge < -0.3 is 4.74 Å². The van der Waals surface area contributed by atoms with Crippen molar-refractivity contribution in [3.8, 4) is 0 Å². The fraction of sp³-hybridized carbons (Fsp3) is 0.111. The van der Waals surface area contributed by atoms with Crippen LogP contribution in [0, 0.1) is 0 Å². The van der Waals surface area contributed by atoms with E-state index in [1.54, 1.807) is 0 Å². The van der Waals surface area contributed by atoms with Crippen molar-refractivity contribution in [1.82, 2.24) is 9.38 Å². The Labute approximate surface area is 197 Å². The van der Waals surface area contributed by atoms with Crippen molar-refractivity contribution in [2.75, 3.05) is 6.61 Å². The van der Waals surface area contributed by atoms with Crippen molar-refractivity contribution in [3.05, 3.63) is 114 Å². The van der Waals surface area contributed by atoms with Crippen molar-refractivity contribution < 1.29 is 9.53 Å². The van der Waals surface area contributed by atoms with Crippen LogP contribution in [0.15, 0.2) is 103 Å². The largest absolute Gasteiger partial charge is 0.461 e. The Morgan fingerprint density at radius 3 is 1.88 bits per heavy atom. The highest BCUT2D eigenvalue weighted by Gasteiger charge is 2.47. The maximum absolute atomic E-state index is 13.1. The Balaban J connectivity index is 1.79. The first kappa shape index (κ1) is 21.6. The number of hydrogen-bond donors (Lipinski definition) is 0. The van der Waals surface area contributed by atoms with Crippen LogP contribution in [-0.4, -0.2) is 22.0 Å². The Morgan fingerprint density at radius 2 is 1.39 bits per heavy atom. The van der Waals surface area contributed by atoms with Crippen molar-refractivity contribution in [1.29, 1.82) is 0 Å². The molecule has 0 unspecified atom stereocenters. The summed E-state index contributed by atoms with van der Waals surface area (Å²) in [4.78, 5) is 18.8. The summed E-state index contributed by atoms with van der Waals surface area (Å²) in [5.74, 6) is -0.328. The minimum Gasteiger partial charge on any atom is -0.461 e. The molecular weight excluding hydrogens is 447 g/mol. The van der Waals surface area contributed by atoms with Crippen LogP contribution in [0.2, 0.25) is 0 Å². The van der Waals surface area contributed by atoms with E-state index in [1.807, 2.05) is 41.1 Å². The molecule has 33 heavy (non-hydrogen) atoms. The molecule has 0 aliphatic rings. The van der Waals surface area contributed by atoms with Gasteiger partial charge in [-0.3, -0.25) is 4.40 Å². The van der Waals surface area contributed by atoms with Gasteiger partial charge in [-0.15, -0.1) is 11.3 Å². The van der Waals surface area contributed by atoms with Crippen molar-refractivity contribution in [2.24, 2.45) is 0 Å². The highest BCUT2D eigenvalue weighted by atomic mass is 32.1. The average Bonchev–Trinajstić information content (AvgIpc) is 3.45. The smallest absolute Gasteiger partial charge is 0.357 e. The molecule has 3 aromatic carbocycles. The number of hydrogen-bond acceptors (Lipinski definition) is 4. The summed E-state index contributed by atoms with van der Waals surface area (Å²) in [5.41, 5.74) is 1.31. The quantitative estimate of drug-likeness (QED) is 0.246. The Kier molecular flexibility index (Phi) is 6.08. The van der Waals surface area contributed by atoms with Crippen LogP contribution in [-0.2, 0) is 10.9 Å². The van der Waals surface area contributed by atoms with Gasteiger partial charge in [0.2, 0.25) is 0 Å². The van der Waals surface area contributed by atoms with Gasteiger partial charge in [-0.25, -0.2) is 9.78 Å². The van der Waals surface area contributed by atoms with E-state index in [9.17, 15) is 4.79 Å². The molecule has 0 bridgehead atoms. The number of ether oxygens (including phenoxy) is 1. The maximum atomic E-state index is 13.1. The molecule has 0 radical (unpaired) electrons. The summed E-state index contributed by atoms with van der Waals surface area (Å²) >= 11 is 1.53. The van der Waals surface area contributed by atoms with Gasteiger partial charge in [0.1, 0.15) is 35.0 Å². The van der Waals surface area contributed by atoms with Gasteiger partial charge >= 0.3 is 5.97 Å². The first-order valence-corrected chi connectivity index (χ1v) is 13.8. The van der Waals surface area contributed by atoms with Crippen molar-refractivity contribution in [2.45, 2.75) is 13.1 Å². The number of rotatable bonds is 7. The van der Waals surface area contributed by atoms with E-state index >= 15 is 0 Å². The second-order valence-electron chi connectivity index (χ2n) is 7.66. The number of fused-ring (bicyclic) bond motifs is 1. The molecule has 0 fully saturated rings. The SMILES string of the molecule is CCOC(=O)c1c(C[P+](c2ccccc2)(c2ccccc2)c2ccccc2)nc2sccn12. The van der Waals surface area contributed by atoms with Crippen LogP contribution >= 0.6 is 18.6 Å². The molecule has 6 heteroatoms. The monoisotopic (exact) mass is 471 g/mol. The molecule has 2 heterocycles. The molecule has 0 amide bonds. The predicted molar refractivity (Wildman–Crippen MR) is 138 cm³/mol. The lowest BCUT2D eigenvalue weighted by Gasteiger charge is -2.27. The Morgan fingerprint density at radius 1 is 0.879 bits per heavy atom. The number of thiazole rings is 1. The molecule has 0 aliphatic heterocycles. The third-order valence-corrected chi connectivity index (χ3v) is 10.9. The zero-order valence-electron chi connectivity index (χ0n) is 18.3. The van der Waals surface area contributed by atoms with Crippen LogP contribution in [0.5, 0.6) is 0 Å². The number of imidazole rings is 1. The summed E-state index contributed by atoms with van der Waals surface area (Å²) in [5, 5.41) is 5.72. The topological polar surface area (TPSA) is 43.6 Å².